The van der Waals surface area contributed by atoms with Crippen molar-refractivity contribution in [1.29, 1.82) is 0 Å². The number of hydrogen-bond acceptors (Lipinski definition) is 2. The second-order valence-corrected chi connectivity index (χ2v) is 2.89. The van der Waals surface area contributed by atoms with Gasteiger partial charge in [-0.2, -0.15) is 0 Å². The summed E-state index contributed by atoms with van der Waals surface area (Å²) in [6.45, 7) is 0.587. The number of likely N-dealkylation sites (N-methyl/N-ethyl adjacent to an activating group) is 1. The Hall–Kier alpha value is -1.12. The van der Waals surface area contributed by atoms with Gasteiger partial charge < -0.3 is 10.4 Å². The molecule has 1 rings (SSSR count). The van der Waals surface area contributed by atoms with E-state index in [-0.39, 0.29) is 0 Å². The van der Waals surface area contributed by atoms with Gasteiger partial charge in [0.25, 0.3) is 0 Å². The summed E-state index contributed by atoms with van der Waals surface area (Å²) in [4.78, 5) is 0. The number of benzene rings is 1. The van der Waals surface area contributed by atoms with E-state index in [1.165, 1.54) is 0 Å². The Labute approximate surface area is 78.9 Å². The molecule has 2 heteroatoms. The summed E-state index contributed by atoms with van der Waals surface area (Å²) in [7, 11) is 1.82. The first kappa shape index (κ1) is 9.96. The van der Waals surface area contributed by atoms with Crippen LogP contribution in [0.1, 0.15) is 5.56 Å². The topological polar surface area (TPSA) is 32.3 Å². The average Bonchev–Trinajstić information content (AvgIpc) is 2.17. The van der Waals surface area contributed by atoms with Gasteiger partial charge in [-0.05, 0) is 12.6 Å². The van der Waals surface area contributed by atoms with Crippen LogP contribution in [-0.2, 0) is 0 Å². The first-order valence-corrected chi connectivity index (χ1v) is 4.39. The fraction of sp³-hybridized carbons (Fsp3) is 0.273. The first-order chi connectivity index (χ1) is 6.33. The van der Waals surface area contributed by atoms with Crippen LogP contribution in [0, 0.1) is 0 Å². The van der Waals surface area contributed by atoms with Crippen molar-refractivity contribution in [2.45, 2.75) is 6.10 Å². The minimum atomic E-state index is -0.412. The van der Waals surface area contributed by atoms with Gasteiger partial charge in [0.1, 0.15) is 0 Å². The van der Waals surface area contributed by atoms with E-state index in [0.717, 1.165) is 5.56 Å². The highest BCUT2D eigenvalue weighted by Crippen LogP contribution is 2.01. The van der Waals surface area contributed by atoms with Gasteiger partial charge in [-0.25, -0.2) is 0 Å². The fourth-order valence-electron chi connectivity index (χ4n) is 1.06. The Balaban J connectivity index is 2.49. The minimum absolute atomic E-state index is 0.412. The number of rotatable bonds is 4. The molecule has 0 aliphatic rings. The van der Waals surface area contributed by atoms with Gasteiger partial charge >= 0.3 is 0 Å². The van der Waals surface area contributed by atoms with E-state index in [4.69, 9.17) is 0 Å². The SMILES string of the molecule is CNCC(O)C=Cc1ccccc1. The lowest BCUT2D eigenvalue weighted by atomic mass is 10.2. The highest BCUT2D eigenvalue weighted by Gasteiger charge is 1.94. The first-order valence-electron chi connectivity index (χ1n) is 4.39. The van der Waals surface area contributed by atoms with Crippen LogP contribution in [0.15, 0.2) is 36.4 Å². The molecule has 13 heavy (non-hydrogen) atoms. The molecule has 1 atom stereocenters. The fourth-order valence-corrected chi connectivity index (χ4v) is 1.06. The molecular formula is C11H15NO. The van der Waals surface area contributed by atoms with E-state index in [1.54, 1.807) is 6.08 Å². The van der Waals surface area contributed by atoms with E-state index in [2.05, 4.69) is 5.32 Å². The smallest absolute Gasteiger partial charge is 0.0848 e. The third kappa shape index (κ3) is 3.87. The third-order valence-corrected chi connectivity index (χ3v) is 1.72. The molecule has 2 nitrogen and oxygen atoms in total. The zero-order valence-electron chi connectivity index (χ0n) is 7.77. The lowest BCUT2D eigenvalue weighted by Crippen LogP contribution is -2.20. The maximum absolute atomic E-state index is 9.36. The molecule has 0 fully saturated rings. The van der Waals surface area contributed by atoms with Crippen molar-refractivity contribution >= 4 is 6.08 Å². The minimum Gasteiger partial charge on any atom is -0.388 e. The van der Waals surface area contributed by atoms with Crippen molar-refractivity contribution in [2.24, 2.45) is 0 Å². The van der Waals surface area contributed by atoms with Gasteiger partial charge in [-0.15, -0.1) is 0 Å². The van der Waals surface area contributed by atoms with Crippen LogP contribution in [-0.4, -0.2) is 24.8 Å². The maximum Gasteiger partial charge on any atom is 0.0848 e. The van der Waals surface area contributed by atoms with Gasteiger partial charge in [0, 0.05) is 6.54 Å². The van der Waals surface area contributed by atoms with Gasteiger partial charge in [-0.1, -0.05) is 42.5 Å². The normalized spacial score (nSPS) is 13.4. The van der Waals surface area contributed by atoms with Crippen molar-refractivity contribution in [3.05, 3.63) is 42.0 Å². The molecule has 0 aliphatic carbocycles. The lowest BCUT2D eigenvalue weighted by Gasteiger charge is -2.02. The van der Waals surface area contributed by atoms with Gasteiger partial charge in [0.2, 0.25) is 0 Å². The Bertz CT molecular complexity index is 256. The van der Waals surface area contributed by atoms with Crippen LogP contribution < -0.4 is 5.32 Å². The standard InChI is InChI=1S/C11H15NO/c1-12-9-11(13)8-7-10-5-3-2-4-6-10/h2-8,11-13H,9H2,1H3. The molecule has 0 amide bonds. The predicted octanol–water partition coefficient (Wildman–Crippen LogP) is 1.28. The molecule has 1 aromatic carbocycles. The average molecular weight is 177 g/mol. The Morgan fingerprint density at radius 2 is 2.08 bits per heavy atom. The number of aliphatic hydroxyl groups is 1. The zero-order valence-corrected chi connectivity index (χ0v) is 7.77. The quantitative estimate of drug-likeness (QED) is 0.726. The molecule has 0 aliphatic heterocycles. The van der Waals surface area contributed by atoms with Crippen molar-refractivity contribution in [3.8, 4) is 0 Å². The molecule has 0 saturated heterocycles. The molecule has 0 saturated carbocycles. The third-order valence-electron chi connectivity index (χ3n) is 1.72. The molecular weight excluding hydrogens is 162 g/mol. The number of nitrogens with one attached hydrogen (secondary N) is 1. The van der Waals surface area contributed by atoms with E-state index < -0.39 is 6.10 Å². The monoisotopic (exact) mass is 177 g/mol. The summed E-state index contributed by atoms with van der Waals surface area (Å²) in [5, 5.41) is 12.3. The van der Waals surface area contributed by atoms with E-state index >= 15 is 0 Å². The molecule has 70 valence electrons. The molecule has 0 spiro atoms. The van der Waals surface area contributed by atoms with Crippen molar-refractivity contribution in [2.75, 3.05) is 13.6 Å². The zero-order chi connectivity index (χ0) is 9.52. The Morgan fingerprint density at radius 3 is 2.69 bits per heavy atom. The van der Waals surface area contributed by atoms with Crippen LogP contribution in [0.2, 0.25) is 0 Å². The van der Waals surface area contributed by atoms with E-state index in [0.29, 0.717) is 6.54 Å². The molecule has 0 radical (unpaired) electrons. The Kier molecular flexibility index (Phi) is 4.23. The maximum atomic E-state index is 9.36. The van der Waals surface area contributed by atoms with Crippen LogP contribution >= 0.6 is 0 Å². The molecule has 0 heterocycles. The molecule has 1 aromatic rings. The van der Waals surface area contributed by atoms with Gasteiger partial charge in [-0.3, -0.25) is 0 Å². The predicted molar refractivity (Wildman–Crippen MR) is 55.4 cm³/mol. The summed E-state index contributed by atoms with van der Waals surface area (Å²) in [5.41, 5.74) is 1.11. The van der Waals surface area contributed by atoms with E-state index in [9.17, 15) is 5.11 Å². The second-order valence-electron chi connectivity index (χ2n) is 2.89. The molecule has 0 bridgehead atoms. The summed E-state index contributed by atoms with van der Waals surface area (Å²) in [6, 6.07) is 9.93. The summed E-state index contributed by atoms with van der Waals surface area (Å²) in [5.74, 6) is 0. The van der Waals surface area contributed by atoms with E-state index in [1.807, 2.05) is 43.5 Å². The van der Waals surface area contributed by atoms with Crippen molar-refractivity contribution < 1.29 is 5.11 Å². The van der Waals surface area contributed by atoms with Crippen molar-refractivity contribution in [3.63, 3.8) is 0 Å². The second kappa shape index (κ2) is 5.51. The summed E-state index contributed by atoms with van der Waals surface area (Å²) >= 11 is 0. The summed E-state index contributed by atoms with van der Waals surface area (Å²) < 4.78 is 0. The highest BCUT2D eigenvalue weighted by atomic mass is 16.3. The molecule has 2 N–H and O–H groups in total. The number of hydrogen-bond donors (Lipinski definition) is 2. The van der Waals surface area contributed by atoms with Crippen molar-refractivity contribution in [1.82, 2.24) is 5.32 Å². The Morgan fingerprint density at radius 1 is 1.38 bits per heavy atom. The van der Waals surface area contributed by atoms with Crippen LogP contribution in [0.4, 0.5) is 0 Å². The highest BCUT2D eigenvalue weighted by molar-refractivity contribution is 5.49. The van der Waals surface area contributed by atoms with Gasteiger partial charge in [0.15, 0.2) is 0 Å². The van der Waals surface area contributed by atoms with Gasteiger partial charge in [0.05, 0.1) is 6.10 Å². The molecule has 0 aromatic heterocycles. The number of aliphatic hydroxyl groups excluding tert-OH is 1. The summed E-state index contributed by atoms with van der Waals surface area (Å²) in [6.07, 6.45) is 3.29. The molecule has 1 unspecified atom stereocenters. The largest absolute Gasteiger partial charge is 0.388 e. The van der Waals surface area contributed by atoms with Crippen LogP contribution in [0.3, 0.4) is 0 Å². The van der Waals surface area contributed by atoms with Crippen LogP contribution in [0.25, 0.3) is 6.08 Å². The van der Waals surface area contributed by atoms with Crippen LogP contribution in [0.5, 0.6) is 0 Å². The lowest BCUT2D eigenvalue weighted by molar-refractivity contribution is 0.223.